The average Bonchev–Trinajstić information content (AvgIpc) is 2.88. The molecule has 1 aromatic carbocycles. The molecule has 0 amide bonds. The van der Waals surface area contributed by atoms with Gasteiger partial charge >= 0.3 is 0 Å². The van der Waals surface area contributed by atoms with E-state index in [-0.39, 0.29) is 0 Å². The standard InChI is InChI=1S/C14H18ClNO2/c1-17-13-8-10(7-12(15)14(13)18-2)9-16-11-5-3-4-6-11/h3-4,7-8,11,16H,5-6,9H2,1-2H3. The van der Waals surface area contributed by atoms with E-state index in [2.05, 4.69) is 17.5 Å². The van der Waals surface area contributed by atoms with Gasteiger partial charge in [-0.1, -0.05) is 23.8 Å². The van der Waals surface area contributed by atoms with Crippen LogP contribution in [0, 0.1) is 0 Å². The number of hydrogen-bond acceptors (Lipinski definition) is 3. The van der Waals surface area contributed by atoms with Crippen molar-refractivity contribution in [2.75, 3.05) is 14.2 Å². The van der Waals surface area contributed by atoms with Crippen LogP contribution in [0.1, 0.15) is 18.4 Å². The second kappa shape index (κ2) is 6.12. The van der Waals surface area contributed by atoms with Crippen LogP contribution in [0.2, 0.25) is 5.02 Å². The van der Waals surface area contributed by atoms with Gasteiger partial charge in [0.15, 0.2) is 11.5 Å². The maximum atomic E-state index is 6.16. The van der Waals surface area contributed by atoms with E-state index in [1.54, 1.807) is 14.2 Å². The Hall–Kier alpha value is -1.19. The molecule has 3 nitrogen and oxygen atoms in total. The maximum absolute atomic E-state index is 6.16. The van der Waals surface area contributed by atoms with Crippen molar-refractivity contribution in [3.8, 4) is 11.5 Å². The van der Waals surface area contributed by atoms with Crippen LogP contribution in [-0.4, -0.2) is 20.3 Å². The van der Waals surface area contributed by atoms with Gasteiger partial charge in [-0.3, -0.25) is 0 Å². The van der Waals surface area contributed by atoms with Gasteiger partial charge < -0.3 is 14.8 Å². The summed E-state index contributed by atoms with van der Waals surface area (Å²) < 4.78 is 10.5. The van der Waals surface area contributed by atoms with Crippen LogP contribution in [0.15, 0.2) is 24.3 Å². The summed E-state index contributed by atoms with van der Waals surface area (Å²) in [5.74, 6) is 1.26. The molecule has 0 saturated carbocycles. The molecule has 0 unspecified atom stereocenters. The second-order valence-electron chi connectivity index (χ2n) is 4.33. The van der Waals surface area contributed by atoms with Crippen molar-refractivity contribution in [3.63, 3.8) is 0 Å². The third-order valence-corrected chi connectivity index (χ3v) is 3.38. The number of nitrogens with one attached hydrogen (secondary N) is 1. The topological polar surface area (TPSA) is 30.5 Å². The van der Waals surface area contributed by atoms with Crippen molar-refractivity contribution >= 4 is 11.6 Å². The zero-order valence-electron chi connectivity index (χ0n) is 10.7. The predicted octanol–water partition coefficient (Wildman–Crippen LogP) is 3.17. The van der Waals surface area contributed by atoms with Crippen LogP contribution < -0.4 is 14.8 Å². The molecule has 0 aliphatic heterocycles. The predicted molar refractivity (Wildman–Crippen MR) is 73.6 cm³/mol. The van der Waals surface area contributed by atoms with Crippen LogP contribution in [0.25, 0.3) is 0 Å². The van der Waals surface area contributed by atoms with E-state index < -0.39 is 0 Å². The molecule has 1 aromatic rings. The summed E-state index contributed by atoms with van der Waals surface area (Å²) in [4.78, 5) is 0. The molecule has 0 heterocycles. The Morgan fingerprint density at radius 1 is 1.22 bits per heavy atom. The number of rotatable bonds is 5. The van der Waals surface area contributed by atoms with E-state index in [0.717, 1.165) is 24.9 Å². The first kappa shape index (κ1) is 13.2. The summed E-state index contributed by atoms with van der Waals surface area (Å²) in [6.07, 6.45) is 6.61. The van der Waals surface area contributed by atoms with Crippen molar-refractivity contribution in [2.45, 2.75) is 25.4 Å². The maximum Gasteiger partial charge on any atom is 0.179 e. The van der Waals surface area contributed by atoms with Gasteiger partial charge in [-0.2, -0.15) is 0 Å². The van der Waals surface area contributed by atoms with Crippen molar-refractivity contribution < 1.29 is 9.47 Å². The molecule has 0 atom stereocenters. The molecular formula is C14H18ClNO2. The highest BCUT2D eigenvalue weighted by molar-refractivity contribution is 6.32. The zero-order chi connectivity index (χ0) is 13.0. The highest BCUT2D eigenvalue weighted by Gasteiger charge is 2.13. The fourth-order valence-electron chi connectivity index (χ4n) is 2.12. The van der Waals surface area contributed by atoms with Gasteiger partial charge in [-0.15, -0.1) is 0 Å². The average molecular weight is 268 g/mol. The molecule has 18 heavy (non-hydrogen) atoms. The molecule has 0 spiro atoms. The Morgan fingerprint density at radius 3 is 2.56 bits per heavy atom. The van der Waals surface area contributed by atoms with E-state index in [0.29, 0.717) is 22.6 Å². The highest BCUT2D eigenvalue weighted by Crippen LogP contribution is 2.36. The first-order chi connectivity index (χ1) is 8.74. The van der Waals surface area contributed by atoms with Crippen LogP contribution in [0.4, 0.5) is 0 Å². The Bertz CT molecular complexity index is 438. The molecule has 4 heteroatoms. The molecule has 0 aromatic heterocycles. The summed E-state index contributed by atoms with van der Waals surface area (Å²) in [7, 11) is 3.21. The van der Waals surface area contributed by atoms with Crippen molar-refractivity contribution in [3.05, 3.63) is 34.9 Å². The lowest BCUT2D eigenvalue weighted by atomic mass is 10.1. The van der Waals surface area contributed by atoms with Crippen LogP contribution >= 0.6 is 11.6 Å². The van der Waals surface area contributed by atoms with E-state index in [4.69, 9.17) is 21.1 Å². The van der Waals surface area contributed by atoms with Crippen molar-refractivity contribution in [2.24, 2.45) is 0 Å². The Balaban J connectivity index is 2.06. The minimum atomic E-state index is 0.539. The summed E-state index contributed by atoms with van der Waals surface area (Å²) in [5.41, 5.74) is 1.10. The minimum absolute atomic E-state index is 0.539. The molecular weight excluding hydrogens is 250 g/mol. The first-order valence-electron chi connectivity index (χ1n) is 6.03. The minimum Gasteiger partial charge on any atom is -0.493 e. The highest BCUT2D eigenvalue weighted by atomic mass is 35.5. The van der Waals surface area contributed by atoms with Gasteiger partial charge in [-0.25, -0.2) is 0 Å². The molecule has 1 aliphatic carbocycles. The van der Waals surface area contributed by atoms with E-state index in [1.165, 1.54) is 0 Å². The Kier molecular flexibility index (Phi) is 4.50. The second-order valence-corrected chi connectivity index (χ2v) is 4.74. The van der Waals surface area contributed by atoms with Gasteiger partial charge in [0.2, 0.25) is 0 Å². The molecule has 0 bridgehead atoms. The first-order valence-corrected chi connectivity index (χ1v) is 6.41. The van der Waals surface area contributed by atoms with E-state index in [9.17, 15) is 0 Å². The third kappa shape index (κ3) is 2.98. The fourth-order valence-corrected chi connectivity index (χ4v) is 2.43. The van der Waals surface area contributed by atoms with Crippen LogP contribution in [-0.2, 0) is 6.54 Å². The quantitative estimate of drug-likeness (QED) is 0.832. The van der Waals surface area contributed by atoms with Gasteiger partial charge in [-0.05, 0) is 30.5 Å². The molecule has 98 valence electrons. The van der Waals surface area contributed by atoms with Crippen LogP contribution in [0.3, 0.4) is 0 Å². The number of ether oxygens (including phenoxy) is 2. The lowest BCUT2D eigenvalue weighted by Gasteiger charge is -2.15. The molecule has 0 radical (unpaired) electrons. The van der Waals surface area contributed by atoms with Gasteiger partial charge in [0.1, 0.15) is 0 Å². The monoisotopic (exact) mass is 267 g/mol. The number of methoxy groups -OCH3 is 2. The van der Waals surface area contributed by atoms with Gasteiger partial charge in [0, 0.05) is 12.6 Å². The smallest absolute Gasteiger partial charge is 0.179 e. The number of hydrogen-bond donors (Lipinski definition) is 1. The van der Waals surface area contributed by atoms with E-state index >= 15 is 0 Å². The lowest BCUT2D eigenvalue weighted by Crippen LogP contribution is -2.25. The SMILES string of the molecule is COc1cc(CNC2CC=CC2)cc(Cl)c1OC. The van der Waals surface area contributed by atoms with E-state index in [1.807, 2.05) is 12.1 Å². The molecule has 1 N–H and O–H groups in total. The third-order valence-electron chi connectivity index (χ3n) is 3.10. The Labute approximate surface area is 113 Å². The summed E-state index contributed by atoms with van der Waals surface area (Å²) in [6, 6.07) is 4.41. The largest absolute Gasteiger partial charge is 0.493 e. The van der Waals surface area contributed by atoms with Gasteiger partial charge in [0.25, 0.3) is 0 Å². The molecule has 0 saturated heterocycles. The summed E-state index contributed by atoms with van der Waals surface area (Å²) in [5, 5.41) is 4.08. The Morgan fingerprint density at radius 2 is 1.94 bits per heavy atom. The van der Waals surface area contributed by atoms with Crippen molar-refractivity contribution in [1.29, 1.82) is 0 Å². The van der Waals surface area contributed by atoms with Gasteiger partial charge in [0.05, 0.1) is 19.2 Å². The van der Waals surface area contributed by atoms with Crippen molar-refractivity contribution in [1.82, 2.24) is 5.32 Å². The zero-order valence-corrected chi connectivity index (χ0v) is 11.5. The molecule has 1 aliphatic rings. The number of halogens is 1. The molecule has 0 fully saturated rings. The van der Waals surface area contributed by atoms with Crippen LogP contribution in [0.5, 0.6) is 11.5 Å². The normalized spacial score (nSPS) is 15.1. The lowest BCUT2D eigenvalue weighted by molar-refractivity contribution is 0.354. The number of benzene rings is 1. The molecule has 2 rings (SSSR count). The fraction of sp³-hybridized carbons (Fsp3) is 0.429. The summed E-state index contributed by atoms with van der Waals surface area (Å²) >= 11 is 6.16. The summed E-state index contributed by atoms with van der Waals surface area (Å²) in [6.45, 7) is 0.784.